The number of nitrogens with one attached hydrogen (secondary N) is 1. The summed E-state index contributed by atoms with van der Waals surface area (Å²) in [7, 11) is 1.57. The smallest absolute Gasteiger partial charge is 0.385 e. The van der Waals surface area contributed by atoms with Crippen LogP contribution in [0.4, 0.5) is 19.0 Å². The van der Waals surface area contributed by atoms with Gasteiger partial charge in [-0.05, 0) is 18.6 Å². The predicted molar refractivity (Wildman–Crippen MR) is 64.3 cm³/mol. The number of nitrogens with zero attached hydrogens (tertiary/aromatic N) is 1. The van der Waals surface area contributed by atoms with E-state index in [9.17, 15) is 13.2 Å². The molecular formula is C10H14F3N3OS. The van der Waals surface area contributed by atoms with Crippen molar-refractivity contribution in [1.29, 1.82) is 0 Å². The third kappa shape index (κ3) is 4.71. The maximum Gasteiger partial charge on any atom is 0.416 e. The lowest BCUT2D eigenvalue weighted by Crippen LogP contribution is -2.12. The second-order valence-corrected chi connectivity index (χ2v) is 4.53. The van der Waals surface area contributed by atoms with Crippen molar-refractivity contribution in [2.24, 2.45) is 5.84 Å². The minimum atomic E-state index is -4.41. The van der Waals surface area contributed by atoms with E-state index in [0.717, 1.165) is 18.6 Å². The summed E-state index contributed by atoms with van der Waals surface area (Å²) in [6, 6.07) is 1.89. The van der Waals surface area contributed by atoms with Crippen molar-refractivity contribution in [1.82, 2.24) is 4.98 Å². The zero-order chi connectivity index (χ0) is 13.6. The molecule has 0 spiro atoms. The summed E-state index contributed by atoms with van der Waals surface area (Å²) in [5.74, 6) is 5.73. The Kier molecular flexibility index (Phi) is 5.70. The number of halogens is 3. The van der Waals surface area contributed by atoms with Gasteiger partial charge in [-0.1, -0.05) is 0 Å². The normalized spacial score (nSPS) is 11.6. The first-order valence-electron chi connectivity index (χ1n) is 5.15. The van der Waals surface area contributed by atoms with Crippen molar-refractivity contribution in [3.05, 3.63) is 17.7 Å². The molecule has 0 bridgehead atoms. The van der Waals surface area contributed by atoms with Crippen LogP contribution in [0.2, 0.25) is 0 Å². The molecule has 0 saturated carbocycles. The van der Waals surface area contributed by atoms with E-state index < -0.39 is 11.7 Å². The van der Waals surface area contributed by atoms with Crippen molar-refractivity contribution in [2.45, 2.75) is 17.6 Å². The first kappa shape index (κ1) is 15.1. The molecule has 1 aromatic rings. The maximum absolute atomic E-state index is 12.6. The Morgan fingerprint density at radius 3 is 2.72 bits per heavy atom. The van der Waals surface area contributed by atoms with Crippen LogP contribution in [-0.4, -0.2) is 24.5 Å². The molecule has 1 rings (SSSR count). The highest BCUT2D eigenvalue weighted by atomic mass is 32.2. The third-order valence-electron chi connectivity index (χ3n) is 2.02. The Morgan fingerprint density at radius 2 is 2.17 bits per heavy atom. The van der Waals surface area contributed by atoms with Crippen LogP contribution in [0, 0.1) is 0 Å². The molecule has 0 aliphatic heterocycles. The van der Waals surface area contributed by atoms with Crippen LogP contribution < -0.4 is 11.3 Å². The minimum Gasteiger partial charge on any atom is -0.385 e. The Morgan fingerprint density at radius 1 is 1.44 bits per heavy atom. The molecule has 4 nitrogen and oxygen atoms in total. The van der Waals surface area contributed by atoms with Crippen LogP contribution in [0.25, 0.3) is 0 Å². The van der Waals surface area contributed by atoms with E-state index in [-0.39, 0.29) is 10.8 Å². The van der Waals surface area contributed by atoms with Crippen LogP contribution >= 0.6 is 11.8 Å². The third-order valence-corrected chi connectivity index (χ3v) is 3.02. The van der Waals surface area contributed by atoms with E-state index in [2.05, 4.69) is 10.4 Å². The van der Waals surface area contributed by atoms with Crippen LogP contribution in [0.15, 0.2) is 17.2 Å². The van der Waals surface area contributed by atoms with E-state index in [1.807, 2.05) is 0 Å². The van der Waals surface area contributed by atoms with Crippen molar-refractivity contribution < 1.29 is 17.9 Å². The number of alkyl halides is 3. The summed E-state index contributed by atoms with van der Waals surface area (Å²) in [5, 5.41) is 0.286. The summed E-state index contributed by atoms with van der Waals surface area (Å²) in [5.41, 5.74) is 1.37. The number of nitrogens with two attached hydrogens (primary N) is 1. The molecule has 18 heavy (non-hydrogen) atoms. The fourth-order valence-electron chi connectivity index (χ4n) is 1.20. The summed E-state index contributed by atoms with van der Waals surface area (Å²) in [6.07, 6.45) is -3.67. The van der Waals surface area contributed by atoms with Gasteiger partial charge in [0.25, 0.3) is 0 Å². The molecule has 3 N–H and O–H groups in total. The van der Waals surface area contributed by atoms with Crippen LogP contribution in [0.5, 0.6) is 0 Å². The van der Waals surface area contributed by atoms with Gasteiger partial charge in [0.05, 0.1) is 10.6 Å². The summed E-state index contributed by atoms with van der Waals surface area (Å²) in [6.45, 7) is 0.563. The van der Waals surface area contributed by atoms with Gasteiger partial charge in [-0.15, -0.1) is 11.8 Å². The lowest BCUT2D eigenvalue weighted by Gasteiger charge is -2.10. The maximum atomic E-state index is 12.6. The first-order chi connectivity index (χ1) is 8.47. The monoisotopic (exact) mass is 281 g/mol. The molecule has 0 atom stereocenters. The molecule has 0 aromatic carbocycles. The summed E-state index contributed by atoms with van der Waals surface area (Å²) < 4.78 is 42.7. The molecule has 8 heteroatoms. The topological polar surface area (TPSA) is 60.2 Å². The average Bonchev–Trinajstić information content (AvgIpc) is 2.33. The fraction of sp³-hybridized carbons (Fsp3) is 0.500. The molecule has 0 unspecified atom stereocenters. The van der Waals surface area contributed by atoms with E-state index in [4.69, 9.17) is 10.6 Å². The van der Waals surface area contributed by atoms with Gasteiger partial charge < -0.3 is 10.2 Å². The number of ether oxygens (including phenoxy) is 1. The van der Waals surface area contributed by atoms with Crippen LogP contribution in [-0.2, 0) is 10.9 Å². The molecule has 0 saturated heterocycles. The van der Waals surface area contributed by atoms with Gasteiger partial charge >= 0.3 is 6.18 Å². The summed E-state index contributed by atoms with van der Waals surface area (Å²) in [4.78, 5) is 3.95. The van der Waals surface area contributed by atoms with Gasteiger partial charge in [0.15, 0.2) is 0 Å². The van der Waals surface area contributed by atoms with Gasteiger partial charge in [-0.2, -0.15) is 13.2 Å². The van der Waals surface area contributed by atoms with Crippen molar-refractivity contribution >= 4 is 17.6 Å². The molecule has 1 aromatic heterocycles. The lowest BCUT2D eigenvalue weighted by atomic mass is 10.2. The number of hydrazine groups is 1. The SMILES string of the molecule is COCCCSc1cc(C(F)(F)F)cc(NN)n1. The fourth-order valence-corrected chi connectivity index (χ4v) is 2.04. The van der Waals surface area contributed by atoms with Gasteiger partial charge in [0.1, 0.15) is 5.82 Å². The van der Waals surface area contributed by atoms with Crippen molar-refractivity contribution in [3.63, 3.8) is 0 Å². The second kappa shape index (κ2) is 6.81. The Balaban J connectivity index is 2.78. The van der Waals surface area contributed by atoms with Gasteiger partial charge in [-0.25, -0.2) is 10.8 Å². The second-order valence-electron chi connectivity index (χ2n) is 3.42. The molecule has 0 amide bonds. The zero-order valence-electron chi connectivity index (χ0n) is 9.75. The Hall–Kier alpha value is -0.990. The molecule has 0 fully saturated rings. The van der Waals surface area contributed by atoms with Crippen molar-refractivity contribution in [2.75, 3.05) is 24.9 Å². The van der Waals surface area contributed by atoms with Gasteiger partial charge in [0, 0.05) is 19.5 Å². The molecule has 102 valence electrons. The van der Waals surface area contributed by atoms with Crippen LogP contribution in [0.1, 0.15) is 12.0 Å². The number of pyridine rings is 1. The Bertz CT molecular complexity index is 387. The number of hydrogen-bond acceptors (Lipinski definition) is 5. The van der Waals surface area contributed by atoms with Gasteiger partial charge in [0.2, 0.25) is 0 Å². The van der Waals surface area contributed by atoms with E-state index >= 15 is 0 Å². The predicted octanol–water partition coefficient (Wildman–Crippen LogP) is 2.51. The number of hydrogen-bond donors (Lipinski definition) is 2. The molecular weight excluding hydrogens is 267 g/mol. The highest BCUT2D eigenvalue weighted by molar-refractivity contribution is 7.99. The number of methoxy groups -OCH3 is 1. The number of aromatic nitrogens is 1. The van der Waals surface area contributed by atoms with E-state index in [0.29, 0.717) is 12.4 Å². The molecule has 0 radical (unpaired) electrons. The average molecular weight is 281 g/mol. The zero-order valence-corrected chi connectivity index (χ0v) is 10.6. The van der Waals surface area contributed by atoms with Gasteiger partial charge in [-0.3, -0.25) is 0 Å². The number of anilines is 1. The minimum absolute atomic E-state index is 0.000864. The molecule has 1 heterocycles. The number of thioether (sulfide) groups is 1. The molecule has 0 aliphatic rings. The standard InChI is InChI=1S/C10H14F3N3OS/c1-17-3-2-4-18-9-6-7(10(11,12)13)5-8(15-9)16-14/h5-6H,2-4,14H2,1H3,(H,15,16). The summed E-state index contributed by atoms with van der Waals surface area (Å²) >= 11 is 1.23. The molecule has 0 aliphatic carbocycles. The number of nitrogen functional groups attached to an aromatic ring is 1. The lowest BCUT2D eigenvalue weighted by molar-refractivity contribution is -0.137. The van der Waals surface area contributed by atoms with E-state index in [1.54, 1.807) is 7.11 Å². The number of rotatable bonds is 6. The highest BCUT2D eigenvalue weighted by Crippen LogP contribution is 2.32. The first-order valence-corrected chi connectivity index (χ1v) is 6.13. The van der Waals surface area contributed by atoms with Crippen molar-refractivity contribution in [3.8, 4) is 0 Å². The largest absolute Gasteiger partial charge is 0.416 e. The van der Waals surface area contributed by atoms with Crippen LogP contribution in [0.3, 0.4) is 0 Å². The Labute approximate surface area is 107 Å². The highest BCUT2D eigenvalue weighted by Gasteiger charge is 2.31. The van der Waals surface area contributed by atoms with E-state index in [1.165, 1.54) is 11.8 Å². The quantitative estimate of drug-likeness (QED) is 0.363.